The Labute approximate surface area is 106 Å². The standard InChI is InChI=1S/C13H18FNO3/c1-9(8-13(2,15)12(16)17-3)18-11-7-5-4-6-10(11)14/h4-7,9H,8,15H2,1-3H3. The van der Waals surface area contributed by atoms with Crippen molar-refractivity contribution < 1.29 is 18.7 Å². The van der Waals surface area contributed by atoms with E-state index in [-0.39, 0.29) is 12.2 Å². The Morgan fingerprint density at radius 1 is 1.50 bits per heavy atom. The third kappa shape index (κ3) is 3.70. The molecule has 2 N–H and O–H groups in total. The lowest BCUT2D eigenvalue weighted by atomic mass is 9.96. The fraction of sp³-hybridized carbons (Fsp3) is 0.462. The van der Waals surface area contributed by atoms with Gasteiger partial charge in [0.2, 0.25) is 0 Å². The molecule has 0 amide bonds. The van der Waals surface area contributed by atoms with E-state index < -0.39 is 23.4 Å². The number of hydrogen-bond donors (Lipinski definition) is 1. The highest BCUT2D eigenvalue weighted by atomic mass is 19.1. The summed E-state index contributed by atoms with van der Waals surface area (Å²) in [6.45, 7) is 3.28. The van der Waals surface area contributed by atoms with Gasteiger partial charge in [0.05, 0.1) is 13.2 Å². The van der Waals surface area contributed by atoms with Crippen molar-refractivity contribution in [2.24, 2.45) is 5.73 Å². The highest BCUT2D eigenvalue weighted by Crippen LogP contribution is 2.20. The molecule has 0 radical (unpaired) electrons. The summed E-state index contributed by atoms with van der Waals surface area (Å²) in [7, 11) is 1.27. The lowest BCUT2D eigenvalue weighted by Gasteiger charge is -2.25. The fourth-order valence-corrected chi connectivity index (χ4v) is 1.71. The highest BCUT2D eigenvalue weighted by molar-refractivity contribution is 5.79. The summed E-state index contributed by atoms with van der Waals surface area (Å²) in [4.78, 5) is 11.4. The van der Waals surface area contributed by atoms with E-state index >= 15 is 0 Å². The molecule has 0 aliphatic heterocycles. The predicted octanol–water partition coefficient (Wildman–Crippen LogP) is 1.87. The molecule has 0 aliphatic rings. The lowest BCUT2D eigenvalue weighted by Crippen LogP contribution is -2.48. The molecule has 2 unspecified atom stereocenters. The molecule has 1 rings (SSSR count). The number of esters is 1. The van der Waals surface area contributed by atoms with Gasteiger partial charge in [-0.15, -0.1) is 0 Å². The van der Waals surface area contributed by atoms with Crippen LogP contribution in [0.5, 0.6) is 5.75 Å². The van der Waals surface area contributed by atoms with Gasteiger partial charge in [-0.25, -0.2) is 4.39 Å². The Morgan fingerprint density at radius 2 is 2.11 bits per heavy atom. The summed E-state index contributed by atoms with van der Waals surface area (Å²) in [5.41, 5.74) is 4.66. The molecule has 0 aliphatic carbocycles. The van der Waals surface area contributed by atoms with Crippen LogP contribution in [0.15, 0.2) is 24.3 Å². The number of nitrogens with two attached hydrogens (primary N) is 1. The second-order valence-corrected chi connectivity index (χ2v) is 4.47. The molecule has 0 heterocycles. The van der Waals surface area contributed by atoms with Crippen LogP contribution in [0.1, 0.15) is 20.3 Å². The molecule has 0 bridgehead atoms. The second-order valence-electron chi connectivity index (χ2n) is 4.47. The van der Waals surface area contributed by atoms with E-state index in [0.717, 1.165) is 0 Å². The van der Waals surface area contributed by atoms with Crippen LogP contribution >= 0.6 is 0 Å². The van der Waals surface area contributed by atoms with Gasteiger partial charge in [-0.05, 0) is 26.0 Å². The largest absolute Gasteiger partial charge is 0.488 e. The predicted molar refractivity (Wildman–Crippen MR) is 65.7 cm³/mol. The first-order valence-electron chi connectivity index (χ1n) is 5.65. The molecule has 18 heavy (non-hydrogen) atoms. The molecule has 0 spiro atoms. The molecular weight excluding hydrogens is 237 g/mol. The van der Waals surface area contributed by atoms with Crippen LogP contribution in [-0.2, 0) is 9.53 Å². The minimum atomic E-state index is -1.15. The number of benzene rings is 1. The molecule has 4 nitrogen and oxygen atoms in total. The van der Waals surface area contributed by atoms with Crippen LogP contribution in [0.2, 0.25) is 0 Å². The Bertz CT molecular complexity index is 420. The molecule has 5 heteroatoms. The van der Waals surface area contributed by atoms with Gasteiger partial charge in [0.15, 0.2) is 11.6 Å². The maximum atomic E-state index is 13.4. The van der Waals surface area contributed by atoms with Crippen molar-refractivity contribution in [1.82, 2.24) is 0 Å². The monoisotopic (exact) mass is 255 g/mol. The molecule has 100 valence electrons. The molecular formula is C13H18FNO3. The summed E-state index contributed by atoms with van der Waals surface area (Å²) in [5.74, 6) is -0.821. The Balaban J connectivity index is 2.65. The van der Waals surface area contributed by atoms with Crippen LogP contribution in [0.25, 0.3) is 0 Å². The summed E-state index contributed by atoms with van der Waals surface area (Å²) in [6.07, 6.45) is -0.176. The van der Waals surface area contributed by atoms with Gasteiger partial charge < -0.3 is 15.2 Å². The average Bonchev–Trinajstić information content (AvgIpc) is 2.30. The maximum Gasteiger partial charge on any atom is 0.325 e. The van der Waals surface area contributed by atoms with Gasteiger partial charge in [0.1, 0.15) is 5.54 Å². The molecule has 2 atom stereocenters. The van der Waals surface area contributed by atoms with Crippen molar-refractivity contribution in [3.8, 4) is 5.75 Å². The third-order valence-corrected chi connectivity index (χ3v) is 2.53. The highest BCUT2D eigenvalue weighted by Gasteiger charge is 2.32. The van der Waals surface area contributed by atoms with Gasteiger partial charge in [-0.2, -0.15) is 0 Å². The summed E-state index contributed by atoms with van der Waals surface area (Å²) >= 11 is 0. The second kappa shape index (κ2) is 5.82. The van der Waals surface area contributed by atoms with Gasteiger partial charge in [0.25, 0.3) is 0 Å². The molecule has 0 aromatic heterocycles. The molecule has 0 fully saturated rings. The minimum absolute atomic E-state index is 0.144. The van der Waals surface area contributed by atoms with E-state index in [1.807, 2.05) is 0 Å². The van der Waals surface area contributed by atoms with Crippen LogP contribution in [0, 0.1) is 5.82 Å². The first-order valence-corrected chi connectivity index (χ1v) is 5.65. The van der Waals surface area contributed by atoms with Gasteiger partial charge >= 0.3 is 5.97 Å². The van der Waals surface area contributed by atoms with Crippen LogP contribution < -0.4 is 10.5 Å². The number of carbonyl (C=O) groups excluding carboxylic acids is 1. The summed E-state index contributed by atoms with van der Waals surface area (Å²) < 4.78 is 23.4. The zero-order valence-corrected chi connectivity index (χ0v) is 10.8. The van der Waals surface area contributed by atoms with E-state index in [4.69, 9.17) is 10.5 Å². The number of halogens is 1. The van der Waals surface area contributed by atoms with Crippen molar-refractivity contribution >= 4 is 5.97 Å². The first kappa shape index (κ1) is 14.4. The summed E-state index contributed by atoms with van der Waals surface area (Å²) in [6, 6.07) is 6.09. The van der Waals surface area contributed by atoms with Gasteiger partial charge in [0, 0.05) is 6.42 Å². The number of rotatable bonds is 5. The van der Waals surface area contributed by atoms with E-state index in [2.05, 4.69) is 4.74 Å². The van der Waals surface area contributed by atoms with E-state index in [1.54, 1.807) is 26.0 Å². The van der Waals surface area contributed by atoms with E-state index in [1.165, 1.54) is 19.2 Å². The number of ether oxygens (including phenoxy) is 2. The molecule has 1 aromatic carbocycles. The summed E-state index contributed by atoms with van der Waals surface area (Å²) in [5, 5.41) is 0. The van der Waals surface area contributed by atoms with E-state index in [0.29, 0.717) is 0 Å². The smallest absolute Gasteiger partial charge is 0.325 e. The SMILES string of the molecule is COC(=O)C(C)(N)CC(C)Oc1ccccc1F. The third-order valence-electron chi connectivity index (χ3n) is 2.53. The van der Waals surface area contributed by atoms with E-state index in [9.17, 15) is 9.18 Å². The topological polar surface area (TPSA) is 61.5 Å². The number of carbonyl (C=O) groups is 1. The van der Waals surface area contributed by atoms with Crippen molar-refractivity contribution in [2.75, 3.05) is 7.11 Å². The van der Waals surface area contributed by atoms with Gasteiger partial charge in [-0.1, -0.05) is 12.1 Å². The Kier molecular flexibility index (Phi) is 4.67. The maximum absolute atomic E-state index is 13.4. The Hall–Kier alpha value is -1.62. The normalized spacial score (nSPS) is 15.6. The molecule has 1 aromatic rings. The van der Waals surface area contributed by atoms with Crippen molar-refractivity contribution in [2.45, 2.75) is 31.9 Å². The van der Waals surface area contributed by atoms with Crippen molar-refractivity contribution in [3.63, 3.8) is 0 Å². The zero-order valence-electron chi connectivity index (χ0n) is 10.8. The number of methoxy groups -OCH3 is 1. The van der Waals surface area contributed by atoms with Crippen LogP contribution in [0.4, 0.5) is 4.39 Å². The lowest BCUT2D eigenvalue weighted by molar-refractivity contribution is -0.147. The van der Waals surface area contributed by atoms with Crippen molar-refractivity contribution in [3.05, 3.63) is 30.1 Å². The number of hydrogen-bond acceptors (Lipinski definition) is 4. The van der Waals surface area contributed by atoms with Crippen molar-refractivity contribution in [1.29, 1.82) is 0 Å². The quantitative estimate of drug-likeness (QED) is 0.816. The zero-order chi connectivity index (χ0) is 13.8. The minimum Gasteiger partial charge on any atom is -0.488 e. The number of para-hydroxylation sites is 1. The Morgan fingerprint density at radius 3 is 2.67 bits per heavy atom. The first-order chi connectivity index (χ1) is 8.36. The van der Waals surface area contributed by atoms with Crippen LogP contribution in [-0.4, -0.2) is 24.7 Å². The van der Waals surface area contributed by atoms with Gasteiger partial charge in [-0.3, -0.25) is 4.79 Å². The van der Waals surface area contributed by atoms with Crippen LogP contribution in [0.3, 0.4) is 0 Å². The fourth-order valence-electron chi connectivity index (χ4n) is 1.71. The molecule has 0 saturated heterocycles. The average molecular weight is 255 g/mol. The molecule has 0 saturated carbocycles.